The highest BCUT2D eigenvalue weighted by atomic mass is 16.4. The van der Waals surface area contributed by atoms with E-state index in [-0.39, 0.29) is 12.1 Å². The number of hydrogen-bond donors (Lipinski definition) is 3. The van der Waals surface area contributed by atoms with Crippen LogP contribution in [0.3, 0.4) is 0 Å². The maximum Gasteiger partial charge on any atom is 0.315 e. The minimum atomic E-state index is -0.896. The molecule has 0 spiro atoms. The summed E-state index contributed by atoms with van der Waals surface area (Å²) in [4.78, 5) is 22.1. The quantitative estimate of drug-likeness (QED) is 0.661. The fourth-order valence-corrected chi connectivity index (χ4v) is 1.53. The predicted molar refractivity (Wildman–Crippen MR) is 60.1 cm³/mol. The Labute approximate surface area is 95.6 Å². The first-order valence-electron chi connectivity index (χ1n) is 5.78. The van der Waals surface area contributed by atoms with E-state index in [0.29, 0.717) is 12.5 Å². The van der Waals surface area contributed by atoms with Gasteiger partial charge in [0.1, 0.15) is 0 Å². The summed E-state index contributed by atoms with van der Waals surface area (Å²) < 4.78 is 0. The maximum atomic E-state index is 11.4. The molecule has 1 aliphatic rings. The van der Waals surface area contributed by atoms with E-state index < -0.39 is 11.9 Å². The maximum absolute atomic E-state index is 11.4. The van der Waals surface area contributed by atoms with E-state index in [1.54, 1.807) is 13.8 Å². The molecule has 3 N–H and O–H groups in total. The summed E-state index contributed by atoms with van der Waals surface area (Å²) >= 11 is 0. The van der Waals surface area contributed by atoms with Gasteiger partial charge >= 0.3 is 12.0 Å². The third kappa shape index (κ3) is 3.72. The molecule has 1 fully saturated rings. The van der Waals surface area contributed by atoms with Gasteiger partial charge in [0.15, 0.2) is 0 Å². The molecular weight excluding hydrogens is 208 g/mol. The van der Waals surface area contributed by atoms with E-state index in [0.717, 1.165) is 0 Å². The molecule has 5 heteroatoms. The van der Waals surface area contributed by atoms with Gasteiger partial charge in [-0.3, -0.25) is 4.79 Å². The number of rotatable bonds is 5. The molecule has 2 unspecified atom stereocenters. The Bertz CT molecular complexity index is 264. The van der Waals surface area contributed by atoms with Crippen molar-refractivity contribution in [1.82, 2.24) is 10.6 Å². The van der Waals surface area contributed by atoms with Gasteiger partial charge in [-0.05, 0) is 32.6 Å². The van der Waals surface area contributed by atoms with Gasteiger partial charge < -0.3 is 15.7 Å². The molecule has 0 bridgehead atoms. The summed E-state index contributed by atoms with van der Waals surface area (Å²) in [6, 6.07) is -0.633. The monoisotopic (exact) mass is 228 g/mol. The predicted octanol–water partition coefficient (Wildman–Crippen LogP) is 1.19. The van der Waals surface area contributed by atoms with Crippen molar-refractivity contribution in [3.63, 3.8) is 0 Å². The number of hydrogen-bond acceptors (Lipinski definition) is 2. The Morgan fingerprint density at radius 3 is 2.44 bits per heavy atom. The minimum Gasteiger partial charge on any atom is -0.481 e. The molecule has 0 saturated heterocycles. The number of carbonyl (C=O) groups excluding carboxylic acids is 1. The van der Waals surface area contributed by atoms with Crippen molar-refractivity contribution in [3.8, 4) is 0 Å². The average Bonchev–Trinajstić information content (AvgIpc) is 2.13. The van der Waals surface area contributed by atoms with Crippen LogP contribution < -0.4 is 10.6 Å². The lowest BCUT2D eigenvalue weighted by Crippen LogP contribution is -2.46. The Morgan fingerprint density at radius 1 is 1.38 bits per heavy atom. The number of carbonyl (C=O) groups is 2. The fourth-order valence-electron chi connectivity index (χ4n) is 1.53. The molecule has 2 atom stereocenters. The van der Waals surface area contributed by atoms with Crippen molar-refractivity contribution in [2.75, 3.05) is 6.54 Å². The van der Waals surface area contributed by atoms with Crippen molar-refractivity contribution < 1.29 is 14.7 Å². The largest absolute Gasteiger partial charge is 0.481 e. The van der Waals surface area contributed by atoms with Crippen LogP contribution >= 0.6 is 0 Å². The van der Waals surface area contributed by atoms with E-state index in [2.05, 4.69) is 10.6 Å². The molecule has 16 heavy (non-hydrogen) atoms. The third-order valence-electron chi connectivity index (χ3n) is 3.27. The second-order valence-electron chi connectivity index (χ2n) is 4.57. The Morgan fingerprint density at radius 2 is 2.00 bits per heavy atom. The Hall–Kier alpha value is -1.26. The summed E-state index contributed by atoms with van der Waals surface area (Å²) in [5.74, 6) is -0.862. The molecule has 92 valence electrons. The lowest BCUT2D eigenvalue weighted by Gasteiger charge is -2.26. The SMILES string of the molecule is CC(NC(=O)NCC1CCC1)C(C)C(=O)O. The second kappa shape index (κ2) is 5.72. The third-order valence-corrected chi connectivity index (χ3v) is 3.27. The number of carboxylic acid groups (broad SMARTS) is 1. The van der Waals surface area contributed by atoms with Gasteiger partial charge in [-0.15, -0.1) is 0 Å². The molecule has 1 rings (SSSR count). The lowest BCUT2D eigenvalue weighted by molar-refractivity contribution is -0.141. The number of amides is 2. The van der Waals surface area contributed by atoms with Crippen molar-refractivity contribution >= 4 is 12.0 Å². The molecular formula is C11H20N2O3. The topological polar surface area (TPSA) is 78.4 Å². The molecule has 0 aliphatic heterocycles. The van der Waals surface area contributed by atoms with Gasteiger partial charge in [0.05, 0.1) is 5.92 Å². The zero-order valence-electron chi connectivity index (χ0n) is 9.82. The van der Waals surface area contributed by atoms with Gasteiger partial charge in [-0.25, -0.2) is 4.79 Å². The first-order valence-corrected chi connectivity index (χ1v) is 5.78. The molecule has 0 radical (unpaired) electrons. The molecule has 0 aromatic heterocycles. The molecule has 0 aromatic rings. The zero-order chi connectivity index (χ0) is 12.1. The summed E-state index contributed by atoms with van der Waals surface area (Å²) in [6.45, 7) is 3.97. The summed E-state index contributed by atoms with van der Waals surface area (Å²) in [5.41, 5.74) is 0. The Kier molecular flexibility index (Phi) is 4.58. The minimum absolute atomic E-state index is 0.271. The van der Waals surface area contributed by atoms with E-state index in [9.17, 15) is 9.59 Å². The van der Waals surface area contributed by atoms with Crippen molar-refractivity contribution in [3.05, 3.63) is 0 Å². The van der Waals surface area contributed by atoms with Gasteiger partial charge in [-0.2, -0.15) is 0 Å². The van der Waals surface area contributed by atoms with Crippen LogP contribution in [0, 0.1) is 11.8 Å². The first-order chi connectivity index (χ1) is 7.50. The lowest BCUT2D eigenvalue weighted by atomic mass is 9.85. The Balaban J connectivity index is 2.19. The van der Waals surface area contributed by atoms with Crippen LogP contribution in [0.15, 0.2) is 0 Å². The molecule has 5 nitrogen and oxygen atoms in total. The normalized spacial score (nSPS) is 19.4. The van der Waals surface area contributed by atoms with E-state index in [1.165, 1.54) is 19.3 Å². The van der Waals surface area contributed by atoms with Crippen LogP contribution in [0.2, 0.25) is 0 Å². The summed E-state index contributed by atoms with van der Waals surface area (Å²) in [6.07, 6.45) is 3.61. The highest BCUT2D eigenvalue weighted by Gasteiger charge is 2.22. The van der Waals surface area contributed by atoms with Gasteiger partial charge in [0.2, 0.25) is 0 Å². The molecule has 0 aromatic carbocycles. The molecule has 1 aliphatic carbocycles. The van der Waals surface area contributed by atoms with E-state index >= 15 is 0 Å². The fraction of sp³-hybridized carbons (Fsp3) is 0.818. The molecule has 1 saturated carbocycles. The zero-order valence-corrected chi connectivity index (χ0v) is 9.82. The van der Waals surface area contributed by atoms with E-state index in [4.69, 9.17) is 5.11 Å². The number of nitrogens with one attached hydrogen (secondary N) is 2. The van der Waals surface area contributed by atoms with Crippen LogP contribution in [0.25, 0.3) is 0 Å². The van der Waals surface area contributed by atoms with Crippen LogP contribution in [0.1, 0.15) is 33.1 Å². The molecule has 0 heterocycles. The first kappa shape index (κ1) is 12.8. The van der Waals surface area contributed by atoms with Crippen molar-refractivity contribution in [1.29, 1.82) is 0 Å². The standard InChI is InChI=1S/C11H20N2O3/c1-7(10(14)15)8(2)13-11(16)12-6-9-4-3-5-9/h7-9H,3-6H2,1-2H3,(H,14,15)(H2,12,13,16). The smallest absolute Gasteiger partial charge is 0.315 e. The van der Waals surface area contributed by atoms with Crippen LogP contribution in [-0.2, 0) is 4.79 Å². The summed E-state index contributed by atoms with van der Waals surface area (Å²) in [5, 5.41) is 14.2. The highest BCUT2D eigenvalue weighted by Crippen LogP contribution is 2.24. The van der Waals surface area contributed by atoms with Crippen LogP contribution in [-0.4, -0.2) is 29.7 Å². The van der Waals surface area contributed by atoms with Crippen molar-refractivity contribution in [2.45, 2.75) is 39.2 Å². The molecule has 2 amide bonds. The van der Waals surface area contributed by atoms with Crippen LogP contribution in [0.4, 0.5) is 4.79 Å². The van der Waals surface area contributed by atoms with Gasteiger partial charge in [0, 0.05) is 12.6 Å². The van der Waals surface area contributed by atoms with Gasteiger partial charge in [0.25, 0.3) is 0 Å². The van der Waals surface area contributed by atoms with Crippen LogP contribution in [0.5, 0.6) is 0 Å². The number of urea groups is 1. The van der Waals surface area contributed by atoms with Crippen molar-refractivity contribution in [2.24, 2.45) is 11.8 Å². The van der Waals surface area contributed by atoms with Gasteiger partial charge in [-0.1, -0.05) is 6.42 Å². The second-order valence-corrected chi connectivity index (χ2v) is 4.57. The highest BCUT2D eigenvalue weighted by molar-refractivity contribution is 5.76. The van der Waals surface area contributed by atoms with E-state index in [1.807, 2.05) is 0 Å². The average molecular weight is 228 g/mol. The summed E-state index contributed by atoms with van der Waals surface area (Å²) in [7, 11) is 0. The number of aliphatic carboxylic acids is 1. The number of carboxylic acids is 1.